The van der Waals surface area contributed by atoms with Crippen LogP contribution in [-0.4, -0.2) is 35.0 Å². The topological polar surface area (TPSA) is 61.8 Å². The van der Waals surface area contributed by atoms with E-state index >= 15 is 0 Å². The van der Waals surface area contributed by atoms with Gasteiger partial charge in [-0.1, -0.05) is 44.9 Å². The van der Waals surface area contributed by atoms with Crippen molar-refractivity contribution in [3.8, 4) is 0 Å². The fourth-order valence-electron chi connectivity index (χ4n) is 2.29. The third-order valence-electron chi connectivity index (χ3n) is 3.69. The number of benzene rings is 1. The molecule has 1 aromatic rings. The fourth-order valence-corrected chi connectivity index (χ4v) is 3.29. The first-order valence-electron chi connectivity index (χ1n) is 8.77. The number of carbonyl (C=O) groups is 2. The summed E-state index contributed by atoms with van der Waals surface area (Å²) in [6.07, 6.45) is 5.36. The van der Waals surface area contributed by atoms with Crippen molar-refractivity contribution < 1.29 is 26.6 Å². The molecular formula is C19H25BrN3O2S-. The Labute approximate surface area is 170 Å². The summed E-state index contributed by atoms with van der Waals surface area (Å²) in [5.74, 6) is -0.427. The summed E-state index contributed by atoms with van der Waals surface area (Å²) in [7, 11) is 0. The molecule has 1 heterocycles. The number of rotatable bonds is 8. The van der Waals surface area contributed by atoms with Crippen LogP contribution in [0.2, 0.25) is 0 Å². The third-order valence-corrected chi connectivity index (χ3v) is 4.73. The molecule has 0 bridgehead atoms. The van der Waals surface area contributed by atoms with E-state index in [2.05, 4.69) is 24.2 Å². The van der Waals surface area contributed by atoms with Gasteiger partial charge >= 0.3 is 0 Å². The molecule has 0 spiro atoms. The molecule has 1 aliphatic heterocycles. The molecule has 2 rings (SSSR count). The average molecular weight is 439 g/mol. The van der Waals surface area contributed by atoms with E-state index in [1.165, 1.54) is 17.8 Å². The molecule has 0 aliphatic carbocycles. The molecule has 0 radical (unpaired) electrons. The normalized spacial score (nSPS) is 16.8. The van der Waals surface area contributed by atoms with E-state index < -0.39 is 0 Å². The van der Waals surface area contributed by atoms with Gasteiger partial charge in [0.25, 0.3) is 5.91 Å². The number of nitrogens with zero attached hydrogens (tertiary/aromatic N) is 2. The van der Waals surface area contributed by atoms with Gasteiger partial charge in [0.05, 0.1) is 4.91 Å². The van der Waals surface area contributed by atoms with Crippen molar-refractivity contribution in [3.05, 3.63) is 41.3 Å². The molecular weight excluding hydrogens is 414 g/mol. The van der Waals surface area contributed by atoms with E-state index in [4.69, 9.17) is 0 Å². The molecule has 5 nitrogen and oxygen atoms in total. The summed E-state index contributed by atoms with van der Waals surface area (Å²) in [6, 6.07) is 9.21. The predicted molar refractivity (Wildman–Crippen MR) is 105 cm³/mol. The number of amides is 2. The maximum absolute atomic E-state index is 12.6. The molecule has 0 aromatic heterocycles. The molecule has 1 saturated heterocycles. The Hall–Kier alpha value is -1.60. The van der Waals surface area contributed by atoms with Crippen LogP contribution in [0.25, 0.3) is 0 Å². The molecule has 1 aromatic carbocycles. The van der Waals surface area contributed by atoms with Gasteiger partial charge in [-0.2, -0.15) is 0 Å². The number of hydrogen-bond donors (Lipinski definition) is 1. The van der Waals surface area contributed by atoms with Crippen LogP contribution in [-0.2, 0) is 9.59 Å². The number of anilines is 1. The molecule has 0 atom stereocenters. The number of aliphatic imine (C=N–C) groups is 1. The van der Waals surface area contributed by atoms with Crippen molar-refractivity contribution in [2.45, 2.75) is 39.5 Å². The minimum absolute atomic E-state index is 0. The molecule has 142 valence electrons. The lowest BCUT2D eigenvalue weighted by Gasteiger charge is -2.14. The Morgan fingerprint density at radius 3 is 2.54 bits per heavy atom. The van der Waals surface area contributed by atoms with Gasteiger partial charge in [0.2, 0.25) is 5.91 Å². The fraction of sp³-hybridized carbons (Fsp3) is 0.421. The molecule has 1 aliphatic rings. The molecule has 2 amide bonds. The molecule has 26 heavy (non-hydrogen) atoms. The molecule has 0 unspecified atom stereocenters. The highest BCUT2D eigenvalue weighted by atomic mass is 79.9. The highest BCUT2D eigenvalue weighted by molar-refractivity contribution is 8.18. The zero-order valence-corrected chi connectivity index (χ0v) is 17.6. The van der Waals surface area contributed by atoms with Crippen molar-refractivity contribution in [1.29, 1.82) is 0 Å². The quantitative estimate of drug-likeness (QED) is 0.487. The molecule has 7 heteroatoms. The first kappa shape index (κ1) is 22.4. The summed E-state index contributed by atoms with van der Waals surface area (Å²) in [4.78, 5) is 31.5. The monoisotopic (exact) mass is 438 g/mol. The molecule has 0 saturated carbocycles. The minimum atomic E-state index is -0.299. The van der Waals surface area contributed by atoms with Gasteiger partial charge in [0.1, 0.15) is 0 Å². The van der Waals surface area contributed by atoms with Crippen LogP contribution in [0.4, 0.5) is 5.69 Å². The number of nitrogens with one attached hydrogen (secondary N) is 1. The number of amidine groups is 1. The van der Waals surface area contributed by atoms with Gasteiger partial charge in [-0.05, 0) is 36.7 Å². The number of thioether (sulfide) groups is 1. The second kappa shape index (κ2) is 11.9. The van der Waals surface area contributed by atoms with Crippen LogP contribution in [0.15, 0.2) is 46.3 Å². The number of carbonyl (C=O) groups excluding carboxylic acids is 2. The summed E-state index contributed by atoms with van der Waals surface area (Å²) in [5, 5.41) is 3.49. The van der Waals surface area contributed by atoms with E-state index in [9.17, 15) is 9.59 Å². The van der Waals surface area contributed by atoms with Gasteiger partial charge < -0.3 is 22.3 Å². The minimum Gasteiger partial charge on any atom is -1.00 e. The molecule has 1 N–H and O–H groups in total. The Balaban J connectivity index is 0.00000338. The van der Waals surface area contributed by atoms with Crippen LogP contribution in [0.5, 0.6) is 0 Å². The van der Waals surface area contributed by atoms with Crippen molar-refractivity contribution in [3.63, 3.8) is 0 Å². The first-order valence-corrected chi connectivity index (χ1v) is 9.59. The van der Waals surface area contributed by atoms with Crippen LogP contribution in [0.3, 0.4) is 0 Å². The second-order valence-electron chi connectivity index (χ2n) is 5.79. The van der Waals surface area contributed by atoms with E-state index in [-0.39, 0.29) is 28.8 Å². The summed E-state index contributed by atoms with van der Waals surface area (Å²) in [6.45, 7) is 5.55. The standard InChI is InChI=1S/C19H25N3O2S.BrH/c1-3-5-12-20-19-22(13-6-4-2)18(24)16(25-19)14-17(23)21-15-10-8-7-9-11-15;/h7-11,14H,3-6,12-13H2,1-2H3,(H,21,23);1H/p-1/b16-14+,20-19?;. The lowest BCUT2D eigenvalue weighted by molar-refractivity contribution is -0.122. The van der Waals surface area contributed by atoms with Crippen LogP contribution in [0.1, 0.15) is 39.5 Å². The SMILES string of the molecule is CCCCN=C1S/C(=C/C(=O)Nc2ccccc2)C(=O)N1CCCC.[Br-]. The summed E-state index contributed by atoms with van der Waals surface area (Å²) >= 11 is 1.29. The number of halogens is 1. The lowest BCUT2D eigenvalue weighted by atomic mass is 10.3. The predicted octanol–water partition coefficient (Wildman–Crippen LogP) is 1.04. The van der Waals surface area contributed by atoms with Crippen LogP contribution in [0, 0.1) is 0 Å². The Morgan fingerprint density at radius 2 is 1.88 bits per heavy atom. The maximum Gasteiger partial charge on any atom is 0.266 e. The highest BCUT2D eigenvalue weighted by Crippen LogP contribution is 2.31. The number of para-hydroxylation sites is 1. The third kappa shape index (κ3) is 6.61. The van der Waals surface area contributed by atoms with E-state index in [0.717, 1.165) is 25.7 Å². The van der Waals surface area contributed by atoms with Crippen molar-refractivity contribution in [1.82, 2.24) is 4.90 Å². The van der Waals surface area contributed by atoms with Gasteiger partial charge in [-0.3, -0.25) is 19.5 Å². The largest absolute Gasteiger partial charge is 1.00 e. The molecule has 1 fully saturated rings. The zero-order valence-electron chi connectivity index (χ0n) is 15.2. The zero-order chi connectivity index (χ0) is 18.1. The van der Waals surface area contributed by atoms with Gasteiger partial charge in [-0.15, -0.1) is 0 Å². The number of hydrogen-bond acceptors (Lipinski definition) is 4. The Bertz CT molecular complexity index is 662. The van der Waals surface area contributed by atoms with Gasteiger partial charge in [-0.25, -0.2) is 0 Å². The summed E-state index contributed by atoms with van der Waals surface area (Å²) < 4.78 is 0. The second-order valence-corrected chi connectivity index (χ2v) is 6.80. The van der Waals surface area contributed by atoms with Crippen molar-refractivity contribution in [2.75, 3.05) is 18.4 Å². The van der Waals surface area contributed by atoms with Crippen LogP contribution < -0.4 is 22.3 Å². The first-order chi connectivity index (χ1) is 12.2. The smallest absolute Gasteiger partial charge is 0.266 e. The Morgan fingerprint density at radius 1 is 1.19 bits per heavy atom. The van der Waals surface area contributed by atoms with E-state index in [1.54, 1.807) is 4.90 Å². The highest BCUT2D eigenvalue weighted by Gasteiger charge is 2.33. The van der Waals surface area contributed by atoms with Crippen molar-refractivity contribution >= 4 is 34.4 Å². The summed E-state index contributed by atoms with van der Waals surface area (Å²) in [5.41, 5.74) is 0.708. The van der Waals surface area contributed by atoms with E-state index in [0.29, 0.717) is 28.8 Å². The Kier molecular flexibility index (Phi) is 10.3. The lowest BCUT2D eigenvalue weighted by Crippen LogP contribution is -3.00. The number of unbranched alkanes of at least 4 members (excludes halogenated alkanes) is 2. The van der Waals surface area contributed by atoms with Gasteiger partial charge in [0, 0.05) is 24.9 Å². The van der Waals surface area contributed by atoms with E-state index in [1.807, 2.05) is 30.3 Å². The average Bonchev–Trinajstić information content (AvgIpc) is 2.89. The van der Waals surface area contributed by atoms with Crippen molar-refractivity contribution in [2.24, 2.45) is 4.99 Å². The van der Waals surface area contributed by atoms with Gasteiger partial charge in [0.15, 0.2) is 5.17 Å². The van der Waals surface area contributed by atoms with Crippen LogP contribution >= 0.6 is 11.8 Å². The maximum atomic E-state index is 12.6.